The molecule has 0 aliphatic carbocycles. The van der Waals surface area contributed by atoms with Gasteiger partial charge in [0.1, 0.15) is 11.6 Å². The van der Waals surface area contributed by atoms with Gasteiger partial charge in [-0.1, -0.05) is 11.6 Å². The first-order valence-electron chi connectivity index (χ1n) is 7.52. The zero-order chi connectivity index (χ0) is 17.6. The predicted molar refractivity (Wildman–Crippen MR) is 95.5 cm³/mol. The minimum Gasteiger partial charge on any atom is -0.395 e. The standard InChI is InChI=1S/C17H15ClFN5O/c18-13-9-12(19)1-2-14(13)22-16-10-15(11-3-5-20-6-4-11)23-17(24-16)21-7-8-25/h1-6,9-10,25H,7-8H2,(H2,21,22,23,24). The summed E-state index contributed by atoms with van der Waals surface area (Å²) >= 11 is 6.06. The Morgan fingerprint density at radius 1 is 1.08 bits per heavy atom. The number of benzene rings is 1. The van der Waals surface area contributed by atoms with Gasteiger partial charge in [0.25, 0.3) is 0 Å². The molecular weight excluding hydrogens is 345 g/mol. The zero-order valence-electron chi connectivity index (χ0n) is 13.1. The van der Waals surface area contributed by atoms with Crippen LogP contribution in [0.2, 0.25) is 5.02 Å². The highest BCUT2D eigenvalue weighted by atomic mass is 35.5. The largest absolute Gasteiger partial charge is 0.395 e. The van der Waals surface area contributed by atoms with Gasteiger partial charge in [-0.2, -0.15) is 4.98 Å². The third-order valence-electron chi connectivity index (χ3n) is 3.29. The fourth-order valence-corrected chi connectivity index (χ4v) is 2.37. The number of hydrogen-bond donors (Lipinski definition) is 3. The van der Waals surface area contributed by atoms with E-state index in [1.165, 1.54) is 18.2 Å². The number of hydrogen-bond acceptors (Lipinski definition) is 6. The van der Waals surface area contributed by atoms with E-state index < -0.39 is 5.82 Å². The number of nitrogens with one attached hydrogen (secondary N) is 2. The van der Waals surface area contributed by atoms with Gasteiger partial charge in [-0.15, -0.1) is 0 Å². The van der Waals surface area contributed by atoms with Crippen molar-refractivity contribution in [3.63, 3.8) is 0 Å². The van der Waals surface area contributed by atoms with E-state index in [4.69, 9.17) is 16.7 Å². The monoisotopic (exact) mass is 359 g/mol. The summed E-state index contributed by atoms with van der Waals surface area (Å²) < 4.78 is 13.2. The molecule has 0 aliphatic heterocycles. The van der Waals surface area contributed by atoms with Crippen LogP contribution in [0.15, 0.2) is 48.8 Å². The maximum absolute atomic E-state index is 13.2. The van der Waals surface area contributed by atoms with Crippen LogP contribution in [0.1, 0.15) is 0 Å². The van der Waals surface area contributed by atoms with Crippen molar-refractivity contribution in [2.75, 3.05) is 23.8 Å². The summed E-state index contributed by atoms with van der Waals surface area (Å²) in [4.78, 5) is 12.8. The number of rotatable bonds is 6. The van der Waals surface area contributed by atoms with Crippen LogP contribution in [0.3, 0.4) is 0 Å². The average Bonchev–Trinajstić information content (AvgIpc) is 2.63. The van der Waals surface area contributed by atoms with Crippen LogP contribution in [0.25, 0.3) is 11.3 Å². The molecule has 1 aromatic carbocycles. The summed E-state index contributed by atoms with van der Waals surface area (Å²) in [7, 11) is 0. The molecule has 128 valence electrons. The van der Waals surface area contributed by atoms with E-state index in [1.807, 2.05) is 12.1 Å². The molecule has 0 bridgehead atoms. The maximum Gasteiger partial charge on any atom is 0.225 e. The van der Waals surface area contributed by atoms with Gasteiger partial charge in [-0.25, -0.2) is 9.37 Å². The smallest absolute Gasteiger partial charge is 0.225 e. The summed E-state index contributed by atoms with van der Waals surface area (Å²) in [6, 6.07) is 9.47. The van der Waals surface area contributed by atoms with Crippen LogP contribution in [0.4, 0.5) is 21.8 Å². The minimum atomic E-state index is -0.416. The van der Waals surface area contributed by atoms with Crippen LogP contribution in [0.5, 0.6) is 0 Å². The van der Waals surface area contributed by atoms with Gasteiger partial charge in [0, 0.05) is 30.6 Å². The van der Waals surface area contributed by atoms with Crippen molar-refractivity contribution in [1.82, 2.24) is 15.0 Å². The first-order chi connectivity index (χ1) is 12.2. The van der Waals surface area contributed by atoms with Crippen molar-refractivity contribution >= 4 is 29.1 Å². The summed E-state index contributed by atoms with van der Waals surface area (Å²) in [6.07, 6.45) is 3.34. The molecule has 0 spiro atoms. The van der Waals surface area contributed by atoms with Crippen molar-refractivity contribution < 1.29 is 9.50 Å². The number of aliphatic hydroxyl groups is 1. The molecule has 8 heteroatoms. The maximum atomic E-state index is 13.2. The SMILES string of the molecule is OCCNc1nc(Nc2ccc(F)cc2Cl)cc(-c2ccncc2)n1. The lowest BCUT2D eigenvalue weighted by Gasteiger charge is -2.12. The van der Waals surface area contributed by atoms with Gasteiger partial charge in [0.15, 0.2) is 0 Å². The van der Waals surface area contributed by atoms with Crippen LogP contribution in [-0.2, 0) is 0 Å². The molecule has 0 saturated heterocycles. The Morgan fingerprint density at radius 3 is 2.60 bits per heavy atom. The van der Waals surface area contributed by atoms with Crippen molar-refractivity contribution in [2.45, 2.75) is 0 Å². The quantitative estimate of drug-likeness (QED) is 0.625. The lowest BCUT2D eigenvalue weighted by molar-refractivity contribution is 0.311. The van der Waals surface area contributed by atoms with Gasteiger partial charge in [0.2, 0.25) is 5.95 Å². The fourth-order valence-electron chi connectivity index (χ4n) is 2.16. The van der Waals surface area contributed by atoms with E-state index >= 15 is 0 Å². The van der Waals surface area contributed by atoms with E-state index in [9.17, 15) is 4.39 Å². The minimum absolute atomic E-state index is 0.0462. The number of aliphatic hydroxyl groups excluding tert-OH is 1. The molecule has 2 heterocycles. The first kappa shape index (κ1) is 17.1. The Bertz CT molecular complexity index is 863. The van der Waals surface area contributed by atoms with E-state index in [0.717, 1.165) is 5.56 Å². The fraction of sp³-hybridized carbons (Fsp3) is 0.118. The molecule has 3 N–H and O–H groups in total. The topological polar surface area (TPSA) is 83.0 Å². The third kappa shape index (κ3) is 4.40. The van der Waals surface area contributed by atoms with E-state index in [0.29, 0.717) is 29.7 Å². The van der Waals surface area contributed by atoms with Crippen LogP contribution >= 0.6 is 11.6 Å². The average molecular weight is 360 g/mol. The molecule has 0 fully saturated rings. The summed E-state index contributed by atoms with van der Waals surface area (Å²) in [5.74, 6) is 0.417. The molecule has 0 unspecified atom stereocenters. The van der Waals surface area contributed by atoms with Gasteiger partial charge in [-0.05, 0) is 30.3 Å². The lowest BCUT2D eigenvalue weighted by atomic mass is 10.2. The molecule has 2 aromatic heterocycles. The second-order valence-electron chi connectivity index (χ2n) is 5.10. The van der Waals surface area contributed by atoms with Gasteiger partial charge in [-0.3, -0.25) is 4.98 Å². The Kier molecular flexibility index (Phi) is 5.37. The zero-order valence-corrected chi connectivity index (χ0v) is 13.8. The number of pyridine rings is 1. The highest BCUT2D eigenvalue weighted by Crippen LogP contribution is 2.27. The highest BCUT2D eigenvalue weighted by molar-refractivity contribution is 6.33. The van der Waals surface area contributed by atoms with E-state index in [-0.39, 0.29) is 11.6 Å². The highest BCUT2D eigenvalue weighted by Gasteiger charge is 2.09. The number of anilines is 3. The third-order valence-corrected chi connectivity index (χ3v) is 3.60. The molecule has 0 saturated carbocycles. The van der Waals surface area contributed by atoms with Crippen molar-refractivity contribution in [3.05, 3.63) is 59.6 Å². The second kappa shape index (κ2) is 7.87. The van der Waals surface area contributed by atoms with E-state index in [2.05, 4.69) is 25.6 Å². The van der Waals surface area contributed by atoms with Crippen molar-refractivity contribution in [3.8, 4) is 11.3 Å². The Labute approximate surface area is 148 Å². The molecule has 0 atom stereocenters. The number of nitrogens with zero attached hydrogens (tertiary/aromatic N) is 3. The van der Waals surface area contributed by atoms with Crippen LogP contribution in [-0.4, -0.2) is 33.2 Å². The van der Waals surface area contributed by atoms with E-state index in [1.54, 1.807) is 18.5 Å². The first-order valence-corrected chi connectivity index (χ1v) is 7.90. The summed E-state index contributed by atoms with van der Waals surface area (Å²) in [5, 5.41) is 15.2. The normalized spacial score (nSPS) is 10.5. The molecule has 3 aromatic rings. The van der Waals surface area contributed by atoms with Crippen LogP contribution in [0, 0.1) is 5.82 Å². The summed E-state index contributed by atoms with van der Waals surface area (Å²) in [5.41, 5.74) is 2.05. The van der Waals surface area contributed by atoms with Crippen molar-refractivity contribution in [1.29, 1.82) is 0 Å². The predicted octanol–water partition coefficient (Wildman–Crippen LogP) is 3.48. The van der Waals surface area contributed by atoms with Gasteiger partial charge in [0.05, 0.1) is 23.0 Å². The lowest BCUT2D eigenvalue weighted by Crippen LogP contribution is -2.10. The molecule has 0 amide bonds. The second-order valence-corrected chi connectivity index (χ2v) is 5.50. The Hall–Kier alpha value is -2.77. The Balaban J connectivity index is 1.96. The molecule has 3 rings (SSSR count). The van der Waals surface area contributed by atoms with Crippen molar-refractivity contribution in [2.24, 2.45) is 0 Å². The van der Waals surface area contributed by atoms with Gasteiger partial charge >= 0.3 is 0 Å². The van der Waals surface area contributed by atoms with Crippen LogP contribution < -0.4 is 10.6 Å². The number of halogens is 2. The molecule has 6 nitrogen and oxygen atoms in total. The summed E-state index contributed by atoms with van der Waals surface area (Å²) in [6.45, 7) is 0.270. The van der Waals surface area contributed by atoms with Gasteiger partial charge < -0.3 is 15.7 Å². The molecule has 0 radical (unpaired) electrons. The molecule has 0 aliphatic rings. The molecule has 25 heavy (non-hydrogen) atoms. The number of aromatic nitrogens is 3. The Morgan fingerprint density at radius 2 is 1.88 bits per heavy atom. The molecular formula is C17H15ClFN5O.